The Labute approximate surface area is 187 Å². The Balaban J connectivity index is 1.44. The first kappa shape index (κ1) is 21.6. The summed E-state index contributed by atoms with van der Waals surface area (Å²) in [6, 6.07) is 17.7. The van der Waals surface area contributed by atoms with Crippen molar-refractivity contribution in [2.75, 3.05) is 24.5 Å². The van der Waals surface area contributed by atoms with Crippen LogP contribution < -0.4 is 15.8 Å². The van der Waals surface area contributed by atoms with E-state index in [1.807, 2.05) is 40.4 Å². The lowest BCUT2D eigenvalue weighted by atomic mass is 10.2. The van der Waals surface area contributed by atoms with Crippen LogP contribution in [-0.2, 0) is 11.3 Å². The Hall–Kier alpha value is -3.61. The third kappa shape index (κ3) is 4.37. The molecule has 0 aliphatic carbocycles. The van der Waals surface area contributed by atoms with Crippen LogP contribution in [-0.4, -0.2) is 39.7 Å². The monoisotopic (exact) mass is 431 g/mol. The number of nitrogens with one attached hydrogen (secondary N) is 1. The van der Waals surface area contributed by atoms with Crippen molar-refractivity contribution in [1.29, 1.82) is 0 Å². The van der Waals surface area contributed by atoms with Crippen LogP contribution >= 0.6 is 0 Å². The number of carbonyl (C=O) groups is 1. The maximum atomic E-state index is 12.8. The molecule has 0 saturated carbocycles. The third-order valence-corrected chi connectivity index (χ3v) is 5.72. The van der Waals surface area contributed by atoms with Crippen LogP contribution in [0.5, 0.6) is 0 Å². The number of aryl methyl sites for hydroxylation is 2. The molecule has 1 N–H and O–H groups in total. The molecule has 0 unspecified atom stereocenters. The van der Waals surface area contributed by atoms with Crippen molar-refractivity contribution in [3.05, 3.63) is 76.2 Å². The molecule has 7 nitrogen and oxygen atoms in total. The second kappa shape index (κ2) is 9.26. The molecule has 0 saturated heterocycles. The highest BCUT2D eigenvalue weighted by atomic mass is 16.2. The fourth-order valence-corrected chi connectivity index (χ4v) is 4.21. The number of nitrogens with zero attached hydrogens (tertiary/aromatic N) is 4. The van der Waals surface area contributed by atoms with Gasteiger partial charge >= 0.3 is 0 Å². The molecule has 2 aromatic carbocycles. The van der Waals surface area contributed by atoms with E-state index in [9.17, 15) is 9.59 Å². The average Bonchev–Trinajstić information content (AvgIpc) is 3.07. The number of hydrogen-bond acceptors (Lipinski definition) is 4. The second-order valence-electron chi connectivity index (χ2n) is 8.07. The zero-order valence-electron chi connectivity index (χ0n) is 18.8. The van der Waals surface area contributed by atoms with Gasteiger partial charge in [-0.1, -0.05) is 24.3 Å². The zero-order valence-corrected chi connectivity index (χ0v) is 18.8. The molecule has 4 rings (SSSR count). The van der Waals surface area contributed by atoms with E-state index >= 15 is 0 Å². The number of amides is 1. The number of carbonyl (C=O) groups excluding carboxylic acids is 1. The SMILES string of the molecule is CCN(CCCNC(=O)Cn1c2ccccc2c2nc(=O)cc(C)n21)c1cccc(C)c1. The summed E-state index contributed by atoms with van der Waals surface area (Å²) < 4.78 is 3.73. The van der Waals surface area contributed by atoms with Gasteiger partial charge in [-0.15, -0.1) is 0 Å². The highest BCUT2D eigenvalue weighted by Crippen LogP contribution is 2.21. The minimum atomic E-state index is -0.274. The van der Waals surface area contributed by atoms with Gasteiger partial charge in [0.05, 0.1) is 5.52 Å². The van der Waals surface area contributed by atoms with Crippen molar-refractivity contribution < 1.29 is 4.79 Å². The van der Waals surface area contributed by atoms with Crippen molar-refractivity contribution in [3.8, 4) is 0 Å². The first-order valence-corrected chi connectivity index (χ1v) is 11.0. The van der Waals surface area contributed by atoms with E-state index in [0.29, 0.717) is 12.2 Å². The van der Waals surface area contributed by atoms with Gasteiger partial charge in [0.25, 0.3) is 5.56 Å². The first-order valence-electron chi connectivity index (χ1n) is 11.0. The van der Waals surface area contributed by atoms with Crippen LogP contribution in [0.15, 0.2) is 59.4 Å². The predicted molar refractivity (Wildman–Crippen MR) is 128 cm³/mol. The summed E-state index contributed by atoms with van der Waals surface area (Å²) in [5.41, 5.74) is 4.38. The van der Waals surface area contributed by atoms with Gasteiger partial charge in [0.1, 0.15) is 6.54 Å². The predicted octanol–water partition coefficient (Wildman–Crippen LogP) is 3.30. The minimum absolute atomic E-state index is 0.0654. The lowest BCUT2D eigenvalue weighted by molar-refractivity contribution is -0.121. The number of anilines is 1. The molecule has 32 heavy (non-hydrogen) atoms. The number of fused-ring (bicyclic) bond motifs is 3. The van der Waals surface area contributed by atoms with Gasteiger partial charge in [0, 0.05) is 42.5 Å². The maximum Gasteiger partial charge on any atom is 0.273 e. The van der Waals surface area contributed by atoms with E-state index < -0.39 is 0 Å². The summed E-state index contributed by atoms with van der Waals surface area (Å²) in [6.45, 7) is 8.65. The number of benzene rings is 2. The zero-order chi connectivity index (χ0) is 22.7. The lowest BCUT2D eigenvalue weighted by Gasteiger charge is -2.23. The quantitative estimate of drug-likeness (QED) is 0.435. The van der Waals surface area contributed by atoms with E-state index in [-0.39, 0.29) is 18.0 Å². The van der Waals surface area contributed by atoms with Crippen LogP contribution in [0, 0.1) is 13.8 Å². The van der Waals surface area contributed by atoms with Crippen LogP contribution in [0.25, 0.3) is 16.6 Å². The van der Waals surface area contributed by atoms with Crippen molar-refractivity contribution in [3.63, 3.8) is 0 Å². The van der Waals surface area contributed by atoms with Crippen LogP contribution in [0.2, 0.25) is 0 Å². The van der Waals surface area contributed by atoms with Gasteiger partial charge in [-0.2, -0.15) is 4.98 Å². The normalized spacial score (nSPS) is 11.2. The lowest BCUT2D eigenvalue weighted by Crippen LogP contribution is -2.32. The molecule has 0 spiro atoms. The molecule has 7 heteroatoms. The van der Waals surface area contributed by atoms with Crippen molar-refractivity contribution in [2.45, 2.75) is 33.7 Å². The standard InChI is InChI=1S/C25H29N5O2/c1-4-28(20-10-7-9-18(2)15-20)14-8-13-26-24(32)17-29-22-12-6-5-11-21(22)25-27-23(31)16-19(3)30(25)29/h5-7,9-12,15-16H,4,8,13-14,17H2,1-3H3,(H,26,32). The summed E-state index contributed by atoms with van der Waals surface area (Å²) >= 11 is 0. The van der Waals surface area contributed by atoms with E-state index in [4.69, 9.17) is 0 Å². The molecule has 0 atom stereocenters. The summed E-state index contributed by atoms with van der Waals surface area (Å²) in [5, 5.41) is 3.90. The molecule has 0 aliphatic heterocycles. The first-order chi connectivity index (χ1) is 15.5. The molecule has 4 aromatic rings. The summed E-state index contributed by atoms with van der Waals surface area (Å²) in [5.74, 6) is -0.0654. The van der Waals surface area contributed by atoms with E-state index in [1.54, 1.807) is 0 Å². The van der Waals surface area contributed by atoms with E-state index in [2.05, 4.69) is 53.3 Å². The van der Waals surface area contributed by atoms with Gasteiger partial charge in [0.2, 0.25) is 5.91 Å². The third-order valence-electron chi connectivity index (χ3n) is 5.72. The molecular formula is C25H29N5O2. The van der Waals surface area contributed by atoms with Gasteiger partial charge in [0.15, 0.2) is 5.65 Å². The largest absolute Gasteiger partial charge is 0.372 e. The smallest absolute Gasteiger partial charge is 0.273 e. The second-order valence-corrected chi connectivity index (χ2v) is 8.07. The van der Waals surface area contributed by atoms with Gasteiger partial charge in [-0.05, 0) is 57.0 Å². The van der Waals surface area contributed by atoms with Crippen LogP contribution in [0.4, 0.5) is 5.69 Å². The number of aromatic nitrogens is 3. The van der Waals surface area contributed by atoms with Crippen molar-refractivity contribution in [1.82, 2.24) is 19.5 Å². The van der Waals surface area contributed by atoms with Crippen molar-refractivity contribution in [2.24, 2.45) is 0 Å². The Kier molecular flexibility index (Phi) is 6.25. The minimum Gasteiger partial charge on any atom is -0.372 e. The highest BCUT2D eigenvalue weighted by molar-refractivity contribution is 5.93. The average molecular weight is 432 g/mol. The summed E-state index contributed by atoms with van der Waals surface area (Å²) in [6.07, 6.45) is 0.855. The fourth-order valence-electron chi connectivity index (χ4n) is 4.21. The summed E-state index contributed by atoms with van der Waals surface area (Å²) in [7, 11) is 0. The van der Waals surface area contributed by atoms with Gasteiger partial charge in [-0.25, -0.2) is 4.52 Å². The van der Waals surface area contributed by atoms with Crippen molar-refractivity contribution >= 4 is 28.1 Å². The Bertz CT molecular complexity index is 1320. The Morgan fingerprint density at radius 2 is 1.91 bits per heavy atom. The molecule has 0 bridgehead atoms. The van der Waals surface area contributed by atoms with Crippen LogP contribution in [0.1, 0.15) is 24.6 Å². The van der Waals surface area contributed by atoms with E-state index in [1.165, 1.54) is 17.3 Å². The molecule has 2 aromatic heterocycles. The molecule has 1 amide bonds. The molecule has 0 aliphatic rings. The van der Waals surface area contributed by atoms with Gasteiger partial charge in [-0.3, -0.25) is 14.3 Å². The number of hydrogen-bond donors (Lipinski definition) is 1. The Morgan fingerprint density at radius 3 is 2.69 bits per heavy atom. The topological polar surface area (TPSA) is 71.6 Å². The van der Waals surface area contributed by atoms with E-state index in [0.717, 1.165) is 36.1 Å². The molecular weight excluding hydrogens is 402 g/mol. The molecule has 0 radical (unpaired) electrons. The molecule has 166 valence electrons. The Morgan fingerprint density at radius 1 is 1.09 bits per heavy atom. The summed E-state index contributed by atoms with van der Waals surface area (Å²) in [4.78, 5) is 31.2. The highest BCUT2D eigenvalue weighted by Gasteiger charge is 2.15. The maximum absolute atomic E-state index is 12.8. The van der Waals surface area contributed by atoms with Crippen LogP contribution in [0.3, 0.4) is 0 Å². The molecule has 0 fully saturated rings. The van der Waals surface area contributed by atoms with Gasteiger partial charge < -0.3 is 10.2 Å². The number of rotatable bonds is 8. The molecule has 2 heterocycles. The fraction of sp³-hybridized carbons (Fsp3) is 0.320. The number of para-hydroxylation sites is 1.